The number of hydrogen-bond acceptors (Lipinski definition) is 4. The molecule has 1 amide bonds. The zero-order valence-corrected chi connectivity index (χ0v) is 10.6. The van der Waals surface area contributed by atoms with Crippen LogP contribution in [0.5, 0.6) is 0 Å². The van der Waals surface area contributed by atoms with Crippen LogP contribution in [0, 0.1) is 13.8 Å². The van der Waals surface area contributed by atoms with E-state index in [4.69, 9.17) is 4.52 Å². The van der Waals surface area contributed by atoms with Gasteiger partial charge >= 0.3 is 0 Å². The Morgan fingerprint density at radius 3 is 2.76 bits per heavy atom. The number of aromatic nitrogens is 1. The second kappa shape index (κ2) is 4.49. The van der Waals surface area contributed by atoms with Gasteiger partial charge in [-0.1, -0.05) is 5.16 Å². The summed E-state index contributed by atoms with van der Waals surface area (Å²) in [6.45, 7) is 6.56. The van der Waals surface area contributed by atoms with Gasteiger partial charge in [-0.15, -0.1) is 0 Å². The monoisotopic (exact) mass is 237 g/mol. The van der Waals surface area contributed by atoms with Crippen molar-refractivity contribution < 1.29 is 9.32 Å². The maximum atomic E-state index is 12.2. The summed E-state index contributed by atoms with van der Waals surface area (Å²) in [5.41, 5.74) is 1.20. The molecule has 0 radical (unpaired) electrons. The second-order valence-corrected chi connectivity index (χ2v) is 4.89. The molecular weight excluding hydrogens is 218 g/mol. The van der Waals surface area contributed by atoms with Crippen molar-refractivity contribution in [3.05, 3.63) is 11.3 Å². The molecule has 1 aromatic rings. The van der Waals surface area contributed by atoms with Crippen molar-refractivity contribution in [3.63, 3.8) is 0 Å². The van der Waals surface area contributed by atoms with E-state index < -0.39 is 5.54 Å². The van der Waals surface area contributed by atoms with Gasteiger partial charge < -0.3 is 9.84 Å². The van der Waals surface area contributed by atoms with Crippen LogP contribution in [-0.2, 0) is 4.79 Å². The molecular formula is C12H19N3O2. The zero-order valence-electron chi connectivity index (χ0n) is 10.6. The molecule has 1 atom stereocenters. The number of carbonyl (C=O) groups excluding carboxylic acids is 1. The molecule has 5 nitrogen and oxygen atoms in total. The summed E-state index contributed by atoms with van der Waals surface area (Å²) >= 11 is 0. The number of aryl methyl sites for hydroxylation is 1. The van der Waals surface area contributed by atoms with E-state index >= 15 is 0 Å². The number of carbonyl (C=O) groups is 1. The molecule has 1 aliphatic rings. The first-order valence-corrected chi connectivity index (χ1v) is 6.02. The molecule has 2 heterocycles. The number of nitrogens with zero attached hydrogens (tertiary/aromatic N) is 1. The van der Waals surface area contributed by atoms with Crippen molar-refractivity contribution in [1.29, 1.82) is 0 Å². The standard InChI is InChI=1S/C12H19N3O2/c1-8-9(2)15-17-10(8)14-11(16)12(3)6-4-5-7-13-12/h13H,4-7H2,1-3H3,(H,14,16). The van der Waals surface area contributed by atoms with Crippen molar-refractivity contribution in [2.24, 2.45) is 0 Å². The van der Waals surface area contributed by atoms with Crippen molar-refractivity contribution in [2.75, 3.05) is 11.9 Å². The SMILES string of the molecule is Cc1noc(NC(=O)C2(C)CCCCN2)c1C. The number of piperidine rings is 1. The Bertz CT molecular complexity index is 419. The minimum Gasteiger partial charge on any atom is -0.338 e. The molecule has 0 bridgehead atoms. The molecule has 5 heteroatoms. The van der Waals surface area contributed by atoms with Crippen LogP contribution in [0.4, 0.5) is 5.88 Å². The third kappa shape index (κ3) is 2.34. The largest absolute Gasteiger partial charge is 0.338 e. The summed E-state index contributed by atoms with van der Waals surface area (Å²) < 4.78 is 5.09. The summed E-state index contributed by atoms with van der Waals surface area (Å²) in [6, 6.07) is 0. The molecule has 0 saturated carbocycles. The molecule has 1 aromatic heterocycles. The van der Waals surface area contributed by atoms with Crippen LogP contribution >= 0.6 is 0 Å². The van der Waals surface area contributed by atoms with E-state index in [2.05, 4.69) is 15.8 Å². The van der Waals surface area contributed by atoms with Gasteiger partial charge in [0.05, 0.1) is 11.2 Å². The van der Waals surface area contributed by atoms with Gasteiger partial charge in [0, 0.05) is 5.56 Å². The lowest BCUT2D eigenvalue weighted by Gasteiger charge is -2.33. The van der Waals surface area contributed by atoms with Crippen molar-refractivity contribution in [3.8, 4) is 0 Å². The molecule has 0 spiro atoms. The normalized spacial score (nSPS) is 24.6. The predicted molar refractivity (Wildman–Crippen MR) is 64.9 cm³/mol. The van der Waals surface area contributed by atoms with Crippen LogP contribution in [0.2, 0.25) is 0 Å². The second-order valence-electron chi connectivity index (χ2n) is 4.89. The fourth-order valence-corrected chi connectivity index (χ4v) is 2.02. The van der Waals surface area contributed by atoms with E-state index in [-0.39, 0.29) is 5.91 Å². The summed E-state index contributed by atoms with van der Waals surface area (Å²) in [4.78, 5) is 12.2. The summed E-state index contributed by atoms with van der Waals surface area (Å²) in [7, 11) is 0. The van der Waals surface area contributed by atoms with Gasteiger partial charge in [-0.25, -0.2) is 0 Å². The third-order valence-corrected chi connectivity index (χ3v) is 3.50. The van der Waals surface area contributed by atoms with Crippen molar-refractivity contribution in [2.45, 2.75) is 45.6 Å². The average molecular weight is 237 g/mol. The van der Waals surface area contributed by atoms with E-state index in [1.807, 2.05) is 20.8 Å². The number of nitrogens with one attached hydrogen (secondary N) is 2. The number of rotatable bonds is 2. The van der Waals surface area contributed by atoms with Gasteiger partial charge in [-0.05, 0) is 46.6 Å². The third-order valence-electron chi connectivity index (χ3n) is 3.50. The van der Waals surface area contributed by atoms with Gasteiger partial charge in [0.15, 0.2) is 0 Å². The zero-order chi connectivity index (χ0) is 12.5. The van der Waals surface area contributed by atoms with Crippen LogP contribution in [0.3, 0.4) is 0 Å². The summed E-state index contributed by atoms with van der Waals surface area (Å²) in [5, 5.41) is 9.91. The van der Waals surface area contributed by atoms with Gasteiger partial charge in [0.2, 0.25) is 11.8 Å². The minimum absolute atomic E-state index is 0.0450. The highest BCUT2D eigenvalue weighted by Crippen LogP contribution is 2.23. The van der Waals surface area contributed by atoms with Crippen LogP contribution in [0.1, 0.15) is 37.4 Å². The van der Waals surface area contributed by atoms with Gasteiger partial charge in [0.1, 0.15) is 0 Å². The van der Waals surface area contributed by atoms with Crippen LogP contribution < -0.4 is 10.6 Å². The van der Waals surface area contributed by atoms with Crippen LogP contribution in [0.25, 0.3) is 0 Å². The smallest absolute Gasteiger partial charge is 0.246 e. The maximum absolute atomic E-state index is 12.2. The summed E-state index contributed by atoms with van der Waals surface area (Å²) in [5.74, 6) is 0.414. The maximum Gasteiger partial charge on any atom is 0.246 e. The molecule has 0 aromatic carbocycles. The van der Waals surface area contributed by atoms with E-state index in [1.165, 1.54) is 0 Å². The Labute approximate surface area is 101 Å². The van der Waals surface area contributed by atoms with Gasteiger partial charge in [-0.2, -0.15) is 0 Å². The minimum atomic E-state index is -0.495. The number of amides is 1. The Kier molecular flexibility index (Phi) is 3.19. The summed E-state index contributed by atoms with van der Waals surface area (Å²) in [6.07, 6.45) is 3.06. The average Bonchev–Trinajstić information content (AvgIpc) is 2.62. The quantitative estimate of drug-likeness (QED) is 0.822. The molecule has 1 saturated heterocycles. The van der Waals surface area contributed by atoms with E-state index in [9.17, 15) is 4.79 Å². The Balaban J connectivity index is 2.08. The molecule has 94 valence electrons. The fraction of sp³-hybridized carbons (Fsp3) is 0.667. The Morgan fingerprint density at radius 2 is 2.24 bits per heavy atom. The first-order valence-electron chi connectivity index (χ1n) is 6.02. The van der Waals surface area contributed by atoms with E-state index in [0.29, 0.717) is 5.88 Å². The molecule has 2 rings (SSSR count). The lowest BCUT2D eigenvalue weighted by atomic mass is 9.90. The van der Waals surface area contributed by atoms with Crippen molar-refractivity contribution >= 4 is 11.8 Å². The van der Waals surface area contributed by atoms with Crippen LogP contribution in [0.15, 0.2) is 4.52 Å². The van der Waals surface area contributed by atoms with Crippen LogP contribution in [-0.4, -0.2) is 23.1 Å². The molecule has 1 fully saturated rings. The lowest BCUT2D eigenvalue weighted by molar-refractivity contribution is -0.122. The van der Waals surface area contributed by atoms with E-state index in [1.54, 1.807) is 0 Å². The molecule has 0 aliphatic carbocycles. The first-order chi connectivity index (χ1) is 8.03. The Hall–Kier alpha value is -1.36. The molecule has 2 N–H and O–H groups in total. The topological polar surface area (TPSA) is 67.2 Å². The van der Waals surface area contributed by atoms with E-state index in [0.717, 1.165) is 37.1 Å². The number of hydrogen-bond donors (Lipinski definition) is 2. The number of anilines is 1. The van der Waals surface area contributed by atoms with Crippen molar-refractivity contribution in [1.82, 2.24) is 10.5 Å². The highest BCUT2D eigenvalue weighted by atomic mass is 16.5. The molecule has 1 aliphatic heterocycles. The molecule has 1 unspecified atom stereocenters. The Morgan fingerprint density at radius 1 is 1.47 bits per heavy atom. The fourth-order valence-electron chi connectivity index (χ4n) is 2.02. The van der Waals surface area contributed by atoms with Gasteiger partial charge in [-0.3, -0.25) is 10.1 Å². The highest BCUT2D eigenvalue weighted by Gasteiger charge is 2.35. The predicted octanol–water partition coefficient (Wildman–Crippen LogP) is 1.76. The first kappa shape index (κ1) is 12.1. The lowest BCUT2D eigenvalue weighted by Crippen LogP contribution is -2.54. The van der Waals surface area contributed by atoms with Gasteiger partial charge in [0.25, 0.3) is 0 Å². The highest BCUT2D eigenvalue weighted by molar-refractivity contribution is 5.97. The molecule has 17 heavy (non-hydrogen) atoms.